The van der Waals surface area contributed by atoms with Crippen LogP contribution in [0.2, 0.25) is 0 Å². The lowest BCUT2D eigenvalue weighted by Crippen LogP contribution is -2.51. The smallest absolute Gasteiger partial charge is 0.312 e. The van der Waals surface area contributed by atoms with E-state index in [1.807, 2.05) is 6.92 Å². The van der Waals surface area contributed by atoms with E-state index < -0.39 is 12.6 Å². The fourth-order valence-electron chi connectivity index (χ4n) is 2.63. The average molecular weight is 280 g/mol. The number of nitrogens with one attached hydrogen (secondary N) is 1. The maximum atomic E-state index is 12.5. The number of likely N-dealkylation sites (N-methyl/N-ethyl adjacent to an activating group) is 1. The summed E-state index contributed by atoms with van der Waals surface area (Å²) in [5.41, 5.74) is 0.161. The summed E-state index contributed by atoms with van der Waals surface area (Å²) in [4.78, 5) is 2.13. The minimum absolute atomic E-state index is 0.161. The molecule has 0 bridgehead atoms. The van der Waals surface area contributed by atoms with Crippen LogP contribution in [0.1, 0.15) is 40.5 Å². The predicted molar refractivity (Wildman–Crippen MR) is 72.1 cm³/mol. The lowest BCUT2D eigenvalue weighted by Gasteiger charge is -2.39. The van der Waals surface area contributed by atoms with Gasteiger partial charge in [-0.1, -0.05) is 27.7 Å². The first-order valence-electron chi connectivity index (χ1n) is 7.11. The lowest BCUT2D eigenvalue weighted by atomic mass is 9.90. The summed E-state index contributed by atoms with van der Waals surface area (Å²) in [6.07, 6.45) is -4.07. The Balaban J connectivity index is 2.52. The Morgan fingerprint density at radius 3 is 2.26 bits per heavy atom. The minimum Gasteiger partial charge on any atom is -0.312 e. The maximum Gasteiger partial charge on any atom is 0.389 e. The highest BCUT2D eigenvalue weighted by atomic mass is 19.4. The van der Waals surface area contributed by atoms with Crippen molar-refractivity contribution in [3.05, 3.63) is 0 Å². The van der Waals surface area contributed by atoms with Crippen molar-refractivity contribution in [1.82, 2.24) is 10.2 Å². The first-order valence-corrected chi connectivity index (χ1v) is 7.11. The highest BCUT2D eigenvalue weighted by molar-refractivity contribution is 4.85. The summed E-state index contributed by atoms with van der Waals surface area (Å²) >= 11 is 0. The molecule has 2 unspecified atom stereocenters. The van der Waals surface area contributed by atoms with Gasteiger partial charge < -0.3 is 10.2 Å². The van der Waals surface area contributed by atoms with Gasteiger partial charge in [-0.2, -0.15) is 13.2 Å². The quantitative estimate of drug-likeness (QED) is 0.850. The van der Waals surface area contributed by atoms with E-state index in [-0.39, 0.29) is 17.4 Å². The van der Waals surface area contributed by atoms with Gasteiger partial charge in [0.1, 0.15) is 0 Å². The van der Waals surface area contributed by atoms with E-state index in [1.165, 1.54) is 0 Å². The number of piperidine rings is 1. The molecule has 0 aromatic rings. The number of alkyl halides is 3. The van der Waals surface area contributed by atoms with Crippen molar-refractivity contribution in [3.63, 3.8) is 0 Å². The van der Waals surface area contributed by atoms with Gasteiger partial charge in [0.15, 0.2) is 0 Å². The molecule has 114 valence electrons. The molecule has 1 rings (SSSR count). The van der Waals surface area contributed by atoms with Crippen LogP contribution in [-0.4, -0.2) is 43.3 Å². The van der Waals surface area contributed by atoms with Gasteiger partial charge in [0.05, 0.1) is 0 Å². The summed E-state index contributed by atoms with van der Waals surface area (Å²) in [5, 5.41) is 3.43. The molecule has 1 saturated heterocycles. The number of hydrogen-bond donors (Lipinski definition) is 1. The van der Waals surface area contributed by atoms with Gasteiger partial charge in [0, 0.05) is 32.1 Å². The lowest BCUT2D eigenvalue weighted by molar-refractivity contribution is -0.148. The third-order valence-corrected chi connectivity index (χ3v) is 3.50. The van der Waals surface area contributed by atoms with Crippen LogP contribution < -0.4 is 5.32 Å². The number of halogens is 3. The third kappa shape index (κ3) is 7.16. The molecule has 0 saturated carbocycles. The highest BCUT2D eigenvalue weighted by Gasteiger charge is 2.36. The Hall–Kier alpha value is -0.290. The summed E-state index contributed by atoms with van der Waals surface area (Å²) in [6, 6.07) is 0.181. The molecule has 0 aromatic carbocycles. The SMILES string of the molecule is CCN1CC(CC(F)(F)F)CC(NCC(C)(C)C)C1. The molecule has 0 amide bonds. The van der Waals surface area contributed by atoms with Crippen molar-refractivity contribution >= 4 is 0 Å². The Kier molecular flexibility index (Phi) is 5.68. The zero-order valence-corrected chi connectivity index (χ0v) is 12.5. The van der Waals surface area contributed by atoms with Crippen molar-refractivity contribution in [2.45, 2.75) is 52.8 Å². The van der Waals surface area contributed by atoms with Gasteiger partial charge in [-0.25, -0.2) is 0 Å². The summed E-state index contributed by atoms with van der Waals surface area (Å²) < 4.78 is 37.6. The number of rotatable bonds is 4. The topological polar surface area (TPSA) is 15.3 Å². The van der Waals surface area contributed by atoms with Crippen molar-refractivity contribution in [2.75, 3.05) is 26.2 Å². The van der Waals surface area contributed by atoms with Crippen molar-refractivity contribution in [3.8, 4) is 0 Å². The second-order valence-corrected chi connectivity index (χ2v) is 6.91. The second kappa shape index (κ2) is 6.44. The second-order valence-electron chi connectivity index (χ2n) is 6.91. The molecule has 0 aromatic heterocycles. The zero-order chi connectivity index (χ0) is 14.7. The van der Waals surface area contributed by atoms with Crippen molar-refractivity contribution in [1.29, 1.82) is 0 Å². The predicted octanol–water partition coefficient (Wildman–Crippen LogP) is 3.28. The number of likely N-dealkylation sites (tertiary alicyclic amines) is 1. The van der Waals surface area contributed by atoms with Gasteiger partial charge in [0.25, 0.3) is 0 Å². The van der Waals surface area contributed by atoms with Gasteiger partial charge in [0.2, 0.25) is 0 Å². The Morgan fingerprint density at radius 2 is 1.79 bits per heavy atom. The fourth-order valence-corrected chi connectivity index (χ4v) is 2.63. The van der Waals surface area contributed by atoms with Crippen LogP contribution in [0.25, 0.3) is 0 Å². The Morgan fingerprint density at radius 1 is 1.16 bits per heavy atom. The molecule has 1 aliphatic rings. The molecule has 2 atom stereocenters. The standard InChI is InChI=1S/C14H27F3N2/c1-5-19-8-11(7-14(15,16)17)6-12(9-19)18-10-13(2,3)4/h11-12,18H,5-10H2,1-4H3. The van der Waals surface area contributed by atoms with Crippen LogP contribution in [-0.2, 0) is 0 Å². The first kappa shape index (κ1) is 16.8. The summed E-state index contributed by atoms with van der Waals surface area (Å²) in [7, 11) is 0. The van der Waals surface area contributed by atoms with E-state index in [2.05, 4.69) is 31.0 Å². The number of hydrogen-bond acceptors (Lipinski definition) is 2. The van der Waals surface area contributed by atoms with Gasteiger partial charge in [-0.3, -0.25) is 0 Å². The maximum absolute atomic E-state index is 12.5. The van der Waals surface area contributed by atoms with Gasteiger partial charge >= 0.3 is 6.18 Å². The van der Waals surface area contributed by atoms with Gasteiger partial charge in [-0.05, 0) is 24.3 Å². The molecule has 0 aliphatic carbocycles. The zero-order valence-electron chi connectivity index (χ0n) is 12.5. The number of nitrogens with zero attached hydrogens (tertiary/aromatic N) is 1. The Labute approximate surface area is 114 Å². The molecule has 0 radical (unpaired) electrons. The fraction of sp³-hybridized carbons (Fsp3) is 1.00. The van der Waals surface area contributed by atoms with Crippen LogP contribution in [0.5, 0.6) is 0 Å². The Bertz CT molecular complexity index is 271. The molecular formula is C14H27F3N2. The molecule has 19 heavy (non-hydrogen) atoms. The molecule has 1 N–H and O–H groups in total. The minimum atomic E-state index is -4.05. The van der Waals surface area contributed by atoms with Crippen molar-refractivity contribution in [2.24, 2.45) is 11.3 Å². The van der Waals surface area contributed by atoms with E-state index in [0.717, 1.165) is 19.6 Å². The molecule has 1 heterocycles. The van der Waals surface area contributed by atoms with Crippen LogP contribution in [0.3, 0.4) is 0 Å². The normalized spacial score (nSPS) is 26.7. The van der Waals surface area contributed by atoms with E-state index in [9.17, 15) is 13.2 Å². The summed E-state index contributed by atoms with van der Waals surface area (Å²) in [6.45, 7) is 11.5. The highest BCUT2D eigenvalue weighted by Crippen LogP contribution is 2.30. The largest absolute Gasteiger partial charge is 0.389 e. The van der Waals surface area contributed by atoms with Crippen LogP contribution in [0, 0.1) is 11.3 Å². The molecule has 2 nitrogen and oxygen atoms in total. The molecule has 5 heteroatoms. The van der Waals surface area contributed by atoms with E-state index in [4.69, 9.17) is 0 Å². The molecule has 1 aliphatic heterocycles. The van der Waals surface area contributed by atoms with Crippen LogP contribution in [0.4, 0.5) is 13.2 Å². The van der Waals surface area contributed by atoms with Gasteiger partial charge in [-0.15, -0.1) is 0 Å². The van der Waals surface area contributed by atoms with E-state index >= 15 is 0 Å². The summed E-state index contributed by atoms with van der Waals surface area (Å²) in [5.74, 6) is -0.272. The van der Waals surface area contributed by atoms with E-state index in [1.54, 1.807) is 0 Å². The molecule has 1 fully saturated rings. The third-order valence-electron chi connectivity index (χ3n) is 3.50. The van der Waals surface area contributed by atoms with Crippen LogP contribution in [0.15, 0.2) is 0 Å². The van der Waals surface area contributed by atoms with Crippen molar-refractivity contribution < 1.29 is 13.2 Å². The molecular weight excluding hydrogens is 253 g/mol. The van der Waals surface area contributed by atoms with E-state index in [0.29, 0.717) is 13.0 Å². The average Bonchev–Trinajstić information content (AvgIpc) is 2.22. The van der Waals surface area contributed by atoms with Crippen LogP contribution >= 0.6 is 0 Å². The monoisotopic (exact) mass is 280 g/mol. The first-order chi connectivity index (χ1) is 8.59. The molecule has 0 spiro atoms.